The smallest absolute Gasteiger partial charge is 0.147 e. The van der Waals surface area contributed by atoms with Crippen LogP contribution in [0.2, 0.25) is 0 Å². The van der Waals surface area contributed by atoms with Crippen LogP contribution in [-0.4, -0.2) is 22.0 Å². The van der Waals surface area contributed by atoms with Gasteiger partial charge < -0.3 is 0 Å². The van der Waals surface area contributed by atoms with Gasteiger partial charge in [0.1, 0.15) is 11.6 Å². The van der Waals surface area contributed by atoms with Gasteiger partial charge in [-0.25, -0.2) is 9.97 Å². The van der Waals surface area contributed by atoms with Crippen LogP contribution in [0, 0.1) is 13.8 Å². The minimum absolute atomic E-state index is 0.122. The van der Waals surface area contributed by atoms with E-state index in [1.54, 1.807) is 6.21 Å². The summed E-state index contributed by atoms with van der Waals surface area (Å²) >= 11 is 0. The molecule has 1 heterocycles. The van der Waals surface area contributed by atoms with Crippen molar-refractivity contribution in [3.63, 3.8) is 0 Å². The highest BCUT2D eigenvalue weighted by molar-refractivity contribution is 5.96. The van der Waals surface area contributed by atoms with E-state index in [2.05, 4.69) is 27.6 Å². The van der Waals surface area contributed by atoms with Crippen LogP contribution < -0.4 is 0 Å². The molecule has 4 nitrogen and oxygen atoms in total. The summed E-state index contributed by atoms with van der Waals surface area (Å²) in [4.78, 5) is 25.8. The molecule has 1 aromatic heterocycles. The first kappa shape index (κ1) is 21.4. The summed E-state index contributed by atoms with van der Waals surface area (Å²) < 4.78 is 0. The first-order valence-corrected chi connectivity index (χ1v) is 9.43. The van der Waals surface area contributed by atoms with Crippen LogP contribution in [0.5, 0.6) is 0 Å². The van der Waals surface area contributed by atoms with Crippen LogP contribution in [0.3, 0.4) is 0 Å². The summed E-state index contributed by atoms with van der Waals surface area (Å²) in [6.07, 6.45) is 7.52. The quantitative estimate of drug-likeness (QED) is 0.596. The summed E-state index contributed by atoms with van der Waals surface area (Å²) in [5.41, 5.74) is 5.10. The second-order valence-electron chi connectivity index (χ2n) is 7.62. The Labute approximate surface area is 168 Å². The van der Waals surface area contributed by atoms with Gasteiger partial charge in [-0.2, -0.15) is 0 Å². The minimum Gasteiger partial charge on any atom is -0.298 e. The molecule has 2 rings (SSSR count). The largest absolute Gasteiger partial charge is 0.298 e. The van der Waals surface area contributed by atoms with Gasteiger partial charge in [0.15, 0.2) is 0 Å². The average Bonchev–Trinajstić information content (AvgIpc) is 2.66. The van der Waals surface area contributed by atoms with Crippen LogP contribution in [0.15, 0.2) is 59.5 Å². The molecule has 1 aromatic carbocycles. The molecule has 0 bridgehead atoms. The van der Waals surface area contributed by atoms with Crippen molar-refractivity contribution in [1.29, 1.82) is 0 Å². The summed E-state index contributed by atoms with van der Waals surface area (Å²) in [6.45, 7) is 15.7. The van der Waals surface area contributed by atoms with Crippen molar-refractivity contribution < 1.29 is 4.79 Å². The number of hydrogen-bond donors (Lipinski definition) is 0. The Kier molecular flexibility index (Phi) is 6.79. The standard InChI is InChI=1S/C24H29N3O/c1-8-18(4)25-13-16(2)11-23(28)24(6,7)22-10-9-20(12-17(22)3)21-14-26-19(5)27-15-21/h8-10,12-15H,2,11H2,1,3-7H3/b18-8-,25-13?. The van der Waals surface area contributed by atoms with Gasteiger partial charge in [-0.1, -0.05) is 30.9 Å². The van der Waals surface area contributed by atoms with E-state index in [-0.39, 0.29) is 12.2 Å². The Balaban J connectivity index is 2.22. The summed E-state index contributed by atoms with van der Waals surface area (Å²) in [6, 6.07) is 6.14. The highest BCUT2D eigenvalue weighted by Gasteiger charge is 2.31. The fourth-order valence-corrected chi connectivity index (χ4v) is 2.98. The third-order valence-corrected chi connectivity index (χ3v) is 4.97. The fourth-order valence-electron chi connectivity index (χ4n) is 2.98. The first-order chi connectivity index (χ1) is 13.1. The number of aliphatic imine (C=N–C) groups is 1. The number of benzene rings is 1. The highest BCUT2D eigenvalue weighted by atomic mass is 16.1. The van der Waals surface area contributed by atoms with Gasteiger partial charge in [0.25, 0.3) is 0 Å². The number of aromatic nitrogens is 2. The fraction of sp³-hybridized carbons (Fsp3) is 0.333. The van der Waals surface area contributed by atoms with E-state index >= 15 is 0 Å². The maximum atomic E-state index is 13.0. The molecular weight excluding hydrogens is 346 g/mol. The molecule has 4 heteroatoms. The SMILES string of the molecule is C=C(C=N/C(C)=C\C)CC(=O)C(C)(C)c1ccc(-c2cnc(C)nc2)cc1C. The molecule has 0 amide bonds. The molecule has 0 aliphatic carbocycles. The topological polar surface area (TPSA) is 55.2 Å². The molecule has 0 atom stereocenters. The Morgan fingerprint density at radius 3 is 2.39 bits per heavy atom. The van der Waals surface area contributed by atoms with Gasteiger partial charge >= 0.3 is 0 Å². The van der Waals surface area contributed by atoms with Crippen LogP contribution in [0.25, 0.3) is 11.1 Å². The molecule has 0 saturated carbocycles. The molecule has 0 aliphatic rings. The molecule has 0 radical (unpaired) electrons. The predicted octanol–water partition coefficient (Wildman–Crippen LogP) is 5.55. The Morgan fingerprint density at radius 2 is 1.82 bits per heavy atom. The molecule has 0 fully saturated rings. The highest BCUT2D eigenvalue weighted by Crippen LogP contribution is 2.32. The molecule has 0 N–H and O–H groups in total. The van der Waals surface area contributed by atoms with Crippen LogP contribution >= 0.6 is 0 Å². The van der Waals surface area contributed by atoms with E-state index in [1.807, 2.05) is 72.1 Å². The van der Waals surface area contributed by atoms with Gasteiger partial charge in [-0.15, -0.1) is 0 Å². The maximum absolute atomic E-state index is 13.0. The Morgan fingerprint density at radius 1 is 1.18 bits per heavy atom. The Hall–Kier alpha value is -2.88. The van der Waals surface area contributed by atoms with Crippen molar-refractivity contribution >= 4 is 12.0 Å². The van der Waals surface area contributed by atoms with Crippen molar-refractivity contribution in [2.24, 2.45) is 4.99 Å². The van der Waals surface area contributed by atoms with Gasteiger partial charge in [-0.05, 0) is 63.8 Å². The van der Waals surface area contributed by atoms with Gasteiger partial charge in [-0.3, -0.25) is 9.79 Å². The number of ketones is 1. The zero-order chi connectivity index (χ0) is 20.9. The van der Waals surface area contributed by atoms with E-state index in [4.69, 9.17) is 0 Å². The van der Waals surface area contributed by atoms with Crippen molar-refractivity contribution in [3.8, 4) is 11.1 Å². The summed E-state index contributed by atoms with van der Waals surface area (Å²) in [7, 11) is 0. The summed E-state index contributed by atoms with van der Waals surface area (Å²) in [5.74, 6) is 0.869. The number of rotatable bonds is 7. The molecule has 2 aromatic rings. The second kappa shape index (κ2) is 8.87. The van der Waals surface area contributed by atoms with Crippen LogP contribution in [0.4, 0.5) is 0 Å². The second-order valence-corrected chi connectivity index (χ2v) is 7.62. The van der Waals surface area contributed by atoms with E-state index in [9.17, 15) is 4.79 Å². The number of carbonyl (C=O) groups excluding carboxylic acids is 1. The van der Waals surface area contributed by atoms with Crippen LogP contribution in [0.1, 0.15) is 51.1 Å². The van der Waals surface area contributed by atoms with Gasteiger partial charge in [0.05, 0.1) is 0 Å². The number of Topliss-reactive ketones (excluding diaryl/α,β-unsaturated/α-hetero) is 1. The number of carbonyl (C=O) groups is 1. The number of nitrogens with zero attached hydrogens (tertiary/aromatic N) is 3. The third-order valence-electron chi connectivity index (χ3n) is 4.97. The lowest BCUT2D eigenvalue weighted by Crippen LogP contribution is -2.30. The lowest BCUT2D eigenvalue weighted by molar-refractivity contribution is -0.122. The molecule has 0 unspecified atom stereocenters. The van der Waals surface area contributed by atoms with E-state index in [0.717, 1.165) is 33.8 Å². The van der Waals surface area contributed by atoms with Crippen molar-refractivity contribution in [2.75, 3.05) is 0 Å². The minimum atomic E-state index is -0.612. The number of hydrogen-bond acceptors (Lipinski definition) is 4. The molecule has 146 valence electrons. The van der Waals surface area contributed by atoms with Crippen molar-refractivity contribution in [2.45, 2.75) is 53.4 Å². The van der Waals surface area contributed by atoms with Gasteiger partial charge in [0, 0.05) is 41.7 Å². The Bertz CT molecular complexity index is 935. The van der Waals surface area contributed by atoms with Crippen molar-refractivity contribution in [3.05, 3.63) is 71.5 Å². The normalized spacial score (nSPS) is 12.4. The molecular formula is C24H29N3O. The average molecular weight is 376 g/mol. The molecule has 0 saturated heterocycles. The van der Waals surface area contributed by atoms with Crippen LogP contribution in [-0.2, 0) is 10.2 Å². The lowest BCUT2D eigenvalue weighted by atomic mass is 9.76. The van der Waals surface area contributed by atoms with E-state index in [1.165, 1.54) is 0 Å². The zero-order valence-corrected chi connectivity index (χ0v) is 17.7. The zero-order valence-electron chi connectivity index (χ0n) is 17.7. The number of aryl methyl sites for hydroxylation is 2. The monoisotopic (exact) mass is 375 g/mol. The lowest BCUT2D eigenvalue weighted by Gasteiger charge is -2.26. The molecule has 0 aliphatic heterocycles. The predicted molar refractivity (Wildman–Crippen MR) is 117 cm³/mol. The number of allylic oxidation sites excluding steroid dienone is 3. The molecule has 28 heavy (non-hydrogen) atoms. The van der Waals surface area contributed by atoms with Gasteiger partial charge in [0.2, 0.25) is 0 Å². The van der Waals surface area contributed by atoms with E-state index in [0.29, 0.717) is 5.57 Å². The molecule has 0 spiro atoms. The maximum Gasteiger partial charge on any atom is 0.147 e. The third kappa shape index (κ3) is 5.10. The summed E-state index contributed by atoms with van der Waals surface area (Å²) in [5, 5.41) is 0. The first-order valence-electron chi connectivity index (χ1n) is 9.43. The van der Waals surface area contributed by atoms with Crippen molar-refractivity contribution in [1.82, 2.24) is 9.97 Å². The van der Waals surface area contributed by atoms with E-state index < -0.39 is 5.41 Å².